The molecule has 1 atom stereocenters. The van der Waals surface area contributed by atoms with Gasteiger partial charge < -0.3 is 9.64 Å². The molecule has 1 rings (SSSR count). The first-order valence-corrected chi connectivity index (χ1v) is 6.52. The molecule has 0 aromatic heterocycles. The van der Waals surface area contributed by atoms with E-state index in [1.165, 1.54) is 23.1 Å². The van der Waals surface area contributed by atoms with Gasteiger partial charge in [0, 0.05) is 25.2 Å². The van der Waals surface area contributed by atoms with Crippen molar-refractivity contribution in [1.82, 2.24) is 4.90 Å². The number of nitrogens with zero attached hydrogens (tertiary/aromatic N) is 1. The number of carbonyl (C=O) groups excluding carboxylic acids is 1. The van der Waals surface area contributed by atoms with Crippen molar-refractivity contribution in [3.8, 4) is 0 Å². The molecule has 0 aliphatic carbocycles. The monoisotopic (exact) mass is 337 g/mol. The van der Waals surface area contributed by atoms with Gasteiger partial charge in [-0.15, -0.1) is 11.6 Å². The zero-order chi connectivity index (χ0) is 13.7. The molecule has 0 saturated carbocycles. The number of halogens is 3. The molecule has 3 nitrogen and oxygen atoms in total. The molecule has 6 heteroatoms. The molecule has 0 saturated heterocycles. The average molecular weight is 339 g/mol. The molecule has 0 aliphatic rings. The summed E-state index contributed by atoms with van der Waals surface area (Å²) in [5.41, 5.74) is 0.277. The van der Waals surface area contributed by atoms with Crippen LogP contribution in [0.3, 0.4) is 0 Å². The molecule has 100 valence electrons. The predicted molar refractivity (Wildman–Crippen MR) is 72.6 cm³/mol. The summed E-state index contributed by atoms with van der Waals surface area (Å²) < 4.78 is 18.6. The van der Waals surface area contributed by atoms with Gasteiger partial charge in [0.2, 0.25) is 0 Å². The molecule has 0 N–H and O–H groups in total. The van der Waals surface area contributed by atoms with Crippen LogP contribution in [0.25, 0.3) is 0 Å². The lowest BCUT2D eigenvalue weighted by molar-refractivity contribution is 0.0780. The van der Waals surface area contributed by atoms with Crippen LogP contribution < -0.4 is 0 Å². The Morgan fingerprint density at radius 1 is 1.61 bits per heavy atom. The maximum Gasteiger partial charge on any atom is 0.254 e. The van der Waals surface area contributed by atoms with Gasteiger partial charge in [-0.05, 0) is 34.1 Å². The van der Waals surface area contributed by atoms with E-state index in [9.17, 15) is 9.18 Å². The van der Waals surface area contributed by atoms with Gasteiger partial charge in [-0.1, -0.05) is 0 Å². The van der Waals surface area contributed by atoms with Crippen molar-refractivity contribution in [3.63, 3.8) is 0 Å². The minimum absolute atomic E-state index is 0.277. The maximum atomic E-state index is 13.1. The van der Waals surface area contributed by atoms with E-state index in [4.69, 9.17) is 16.3 Å². The highest BCUT2D eigenvalue weighted by atomic mass is 79.9. The second-order valence-electron chi connectivity index (χ2n) is 3.86. The number of alkyl halides is 1. The molecule has 1 aromatic carbocycles. The first-order valence-electron chi connectivity index (χ1n) is 5.29. The van der Waals surface area contributed by atoms with Gasteiger partial charge in [-0.3, -0.25) is 4.79 Å². The van der Waals surface area contributed by atoms with Crippen LogP contribution in [0.15, 0.2) is 22.7 Å². The van der Waals surface area contributed by atoms with E-state index in [2.05, 4.69) is 15.9 Å². The van der Waals surface area contributed by atoms with Crippen molar-refractivity contribution < 1.29 is 13.9 Å². The summed E-state index contributed by atoms with van der Waals surface area (Å²) in [6, 6.07) is 3.99. The van der Waals surface area contributed by atoms with Crippen molar-refractivity contribution in [2.45, 2.75) is 5.38 Å². The number of hydrogen-bond acceptors (Lipinski definition) is 2. The summed E-state index contributed by atoms with van der Waals surface area (Å²) in [4.78, 5) is 13.5. The first kappa shape index (κ1) is 15.4. The number of hydrogen-bond donors (Lipinski definition) is 0. The molecule has 0 spiro atoms. The summed E-state index contributed by atoms with van der Waals surface area (Å²) >= 11 is 9.20. The SMILES string of the molecule is COCC(Cl)CN(C)C(=O)c1cc(F)ccc1Br. The molecular formula is C12H14BrClFNO2. The Hall–Kier alpha value is -0.650. The second-order valence-corrected chi connectivity index (χ2v) is 5.33. The van der Waals surface area contributed by atoms with Gasteiger partial charge >= 0.3 is 0 Å². The molecule has 0 aliphatic heterocycles. The highest BCUT2D eigenvalue weighted by Gasteiger charge is 2.18. The normalized spacial score (nSPS) is 12.3. The Balaban J connectivity index is 2.77. The zero-order valence-electron chi connectivity index (χ0n) is 10.1. The quantitative estimate of drug-likeness (QED) is 0.773. The van der Waals surface area contributed by atoms with Crippen molar-refractivity contribution in [2.24, 2.45) is 0 Å². The fourth-order valence-corrected chi connectivity index (χ4v) is 2.23. The Labute approximate surface area is 119 Å². The number of benzene rings is 1. The largest absolute Gasteiger partial charge is 0.383 e. The Morgan fingerprint density at radius 2 is 2.28 bits per heavy atom. The third kappa shape index (κ3) is 4.23. The third-order valence-electron chi connectivity index (χ3n) is 2.32. The van der Waals surface area contributed by atoms with Crippen LogP contribution in [0.2, 0.25) is 0 Å². The fraction of sp³-hybridized carbons (Fsp3) is 0.417. The van der Waals surface area contributed by atoms with Crippen molar-refractivity contribution in [2.75, 3.05) is 27.3 Å². The van der Waals surface area contributed by atoms with E-state index in [0.717, 1.165) is 0 Å². The molecule has 0 fully saturated rings. The van der Waals surface area contributed by atoms with Gasteiger partial charge in [0.15, 0.2) is 0 Å². The van der Waals surface area contributed by atoms with E-state index in [1.807, 2.05) is 0 Å². The molecular weight excluding hydrogens is 324 g/mol. The van der Waals surface area contributed by atoms with Gasteiger partial charge in [0.1, 0.15) is 5.82 Å². The number of carbonyl (C=O) groups is 1. The molecule has 1 aromatic rings. The predicted octanol–water partition coefficient (Wildman–Crippen LogP) is 2.91. The van der Waals surface area contributed by atoms with Crippen LogP contribution in [0.5, 0.6) is 0 Å². The van der Waals surface area contributed by atoms with Crippen LogP contribution in [0.4, 0.5) is 4.39 Å². The average Bonchev–Trinajstić information content (AvgIpc) is 2.31. The summed E-state index contributed by atoms with van der Waals surface area (Å²) in [6.45, 7) is 0.681. The van der Waals surface area contributed by atoms with E-state index in [1.54, 1.807) is 14.2 Å². The van der Waals surface area contributed by atoms with Crippen LogP contribution in [0, 0.1) is 5.82 Å². The van der Waals surface area contributed by atoms with Gasteiger partial charge in [0.25, 0.3) is 5.91 Å². The minimum Gasteiger partial charge on any atom is -0.383 e. The van der Waals surface area contributed by atoms with Gasteiger partial charge in [0.05, 0.1) is 17.5 Å². The lowest BCUT2D eigenvalue weighted by Crippen LogP contribution is -2.34. The fourth-order valence-electron chi connectivity index (χ4n) is 1.48. The number of ether oxygens (including phenoxy) is 1. The van der Waals surface area contributed by atoms with Crippen LogP contribution in [0.1, 0.15) is 10.4 Å². The van der Waals surface area contributed by atoms with Crippen LogP contribution in [-0.2, 0) is 4.74 Å². The second kappa shape index (κ2) is 7.07. The number of rotatable bonds is 5. The molecule has 1 unspecified atom stereocenters. The van der Waals surface area contributed by atoms with Crippen molar-refractivity contribution in [3.05, 3.63) is 34.1 Å². The zero-order valence-corrected chi connectivity index (χ0v) is 12.5. The van der Waals surface area contributed by atoms with E-state index < -0.39 is 5.82 Å². The summed E-state index contributed by atoms with van der Waals surface area (Å²) in [5.74, 6) is -0.739. The highest BCUT2D eigenvalue weighted by molar-refractivity contribution is 9.10. The summed E-state index contributed by atoms with van der Waals surface area (Å²) in [5, 5.41) is -0.295. The number of methoxy groups -OCH3 is 1. The summed E-state index contributed by atoms with van der Waals surface area (Å²) in [6.07, 6.45) is 0. The van der Waals surface area contributed by atoms with Crippen molar-refractivity contribution in [1.29, 1.82) is 0 Å². The van der Waals surface area contributed by atoms with E-state index in [-0.39, 0.29) is 16.8 Å². The standard InChI is InChI=1S/C12H14BrClFNO2/c1-16(6-8(14)7-18-2)12(17)10-5-9(15)3-4-11(10)13/h3-5,8H,6-7H2,1-2H3. The van der Waals surface area contributed by atoms with Gasteiger partial charge in [-0.2, -0.15) is 0 Å². The molecule has 18 heavy (non-hydrogen) atoms. The lowest BCUT2D eigenvalue weighted by Gasteiger charge is -2.20. The molecule has 1 amide bonds. The van der Waals surface area contributed by atoms with E-state index in [0.29, 0.717) is 17.6 Å². The van der Waals surface area contributed by atoms with Crippen LogP contribution in [-0.4, -0.2) is 43.5 Å². The highest BCUT2D eigenvalue weighted by Crippen LogP contribution is 2.19. The lowest BCUT2D eigenvalue weighted by atomic mass is 10.2. The Bertz CT molecular complexity index is 431. The maximum absolute atomic E-state index is 13.1. The first-order chi connectivity index (χ1) is 8.45. The third-order valence-corrected chi connectivity index (χ3v) is 3.28. The Kier molecular flexibility index (Phi) is 6.05. The molecule has 0 bridgehead atoms. The topological polar surface area (TPSA) is 29.5 Å². The minimum atomic E-state index is -0.450. The smallest absolute Gasteiger partial charge is 0.254 e. The summed E-state index contributed by atoms with van der Waals surface area (Å²) in [7, 11) is 3.16. The molecule has 0 radical (unpaired) electrons. The van der Waals surface area contributed by atoms with Crippen LogP contribution >= 0.6 is 27.5 Å². The number of amides is 1. The van der Waals surface area contributed by atoms with Crippen molar-refractivity contribution >= 4 is 33.4 Å². The molecule has 0 heterocycles. The Morgan fingerprint density at radius 3 is 2.89 bits per heavy atom. The van der Waals surface area contributed by atoms with E-state index >= 15 is 0 Å². The van der Waals surface area contributed by atoms with Gasteiger partial charge in [-0.25, -0.2) is 4.39 Å².